The van der Waals surface area contributed by atoms with Crippen molar-refractivity contribution in [1.29, 1.82) is 0 Å². The smallest absolute Gasteiger partial charge is 0.333 e. The van der Waals surface area contributed by atoms with Gasteiger partial charge in [-0.2, -0.15) is 0 Å². The van der Waals surface area contributed by atoms with E-state index in [1.165, 1.54) is 0 Å². The highest BCUT2D eigenvalue weighted by Gasteiger charge is 2.22. The van der Waals surface area contributed by atoms with Crippen LogP contribution in [0.25, 0.3) is 0 Å². The number of hydrogen-bond acceptors (Lipinski definition) is 8. The number of rotatable bonds is 10. The highest BCUT2D eigenvalue weighted by molar-refractivity contribution is 5.87. The number of hydrogen-bond donors (Lipinski definition) is 2. The number of carbonyl (C=O) groups is 2. The largest absolute Gasteiger partial charge is 0.460 e. The molecule has 26 heavy (non-hydrogen) atoms. The Labute approximate surface area is 154 Å². The van der Waals surface area contributed by atoms with Crippen molar-refractivity contribution in [3.05, 3.63) is 24.3 Å². The molecule has 1 aliphatic heterocycles. The summed E-state index contributed by atoms with van der Waals surface area (Å²) in [4.78, 5) is 26.8. The first-order valence-corrected chi connectivity index (χ1v) is 8.65. The number of piperazine rings is 1. The van der Waals surface area contributed by atoms with E-state index in [0.717, 1.165) is 26.2 Å². The molecule has 2 N–H and O–H groups in total. The standard InChI is InChI=1S/C18H30N2O6/c1-13(2)17(23)25-11-15(21)9-19-5-7-20(8-6-19)10-16(22)12-26-18(24)14(3)4/h15-16,21-22H,1,3,5-12H2,2,4H3. The van der Waals surface area contributed by atoms with Crippen molar-refractivity contribution in [1.82, 2.24) is 9.80 Å². The third-order valence-corrected chi connectivity index (χ3v) is 3.91. The monoisotopic (exact) mass is 370 g/mol. The molecule has 0 spiro atoms. The zero-order chi connectivity index (χ0) is 19.7. The van der Waals surface area contributed by atoms with Crippen LogP contribution in [0, 0.1) is 0 Å². The lowest BCUT2D eigenvalue weighted by atomic mass is 10.2. The van der Waals surface area contributed by atoms with Crippen molar-refractivity contribution in [2.75, 3.05) is 52.5 Å². The highest BCUT2D eigenvalue weighted by Crippen LogP contribution is 2.05. The van der Waals surface area contributed by atoms with Gasteiger partial charge < -0.3 is 19.7 Å². The number of β-amino-alcohol motifs (C(OH)–C–C–N with tert-alkyl or cyclic N) is 2. The summed E-state index contributed by atoms with van der Waals surface area (Å²) in [6.45, 7) is 13.7. The van der Waals surface area contributed by atoms with Crippen LogP contribution in [0.2, 0.25) is 0 Å². The Hall–Kier alpha value is -1.74. The first-order valence-electron chi connectivity index (χ1n) is 8.65. The molecule has 148 valence electrons. The topological polar surface area (TPSA) is 99.5 Å². The first kappa shape index (κ1) is 22.3. The Morgan fingerprint density at radius 2 is 1.15 bits per heavy atom. The van der Waals surface area contributed by atoms with E-state index in [1.807, 2.05) is 0 Å². The maximum atomic E-state index is 11.3. The fourth-order valence-electron chi connectivity index (χ4n) is 2.45. The Morgan fingerprint density at radius 1 is 0.846 bits per heavy atom. The van der Waals surface area contributed by atoms with Crippen LogP contribution in [0.15, 0.2) is 24.3 Å². The molecule has 0 bridgehead atoms. The minimum atomic E-state index is -0.753. The lowest BCUT2D eigenvalue weighted by Crippen LogP contribution is -2.51. The van der Waals surface area contributed by atoms with Crippen LogP contribution in [-0.4, -0.2) is 96.6 Å². The molecule has 0 aromatic rings. The molecule has 1 fully saturated rings. The minimum absolute atomic E-state index is 0.0568. The fraction of sp³-hybridized carbons (Fsp3) is 0.667. The van der Waals surface area contributed by atoms with Crippen LogP contribution >= 0.6 is 0 Å². The Morgan fingerprint density at radius 3 is 1.42 bits per heavy atom. The fourth-order valence-corrected chi connectivity index (χ4v) is 2.45. The molecule has 0 aliphatic carbocycles. The van der Waals surface area contributed by atoms with E-state index in [2.05, 4.69) is 23.0 Å². The predicted molar refractivity (Wildman–Crippen MR) is 96.4 cm³/mol. The number of carbonyl (C=O) groups excluding carboxylic acids is 2. The molecule has 2 unspecified atom stereocenters. The molecule has 1 heterocycles. The number of nitrogens with zero attached hydrogens (tertiary/aromatic N) is 2. The van der Waals surface area contributed by atoms with Gasteiger partial charge in [0.1, 0.15) is 25.4 Å². The van der Waals surface area contributed by atoms with Gasteiger partial charge in [-0.15, -0.1) is 0 Å². The molecule has 1 aliphatic rings. The number of aliphatic hydroxyl groups is 2. The third-order valence-electron chi connectivity index (χ3n) is 3.91. The molecule has 1 saturated heterocycles. The maximum absolute atomic E-state index is 11.3. The molecule has 0 saturated carbocycles. The average Bonchev–Trinajstić information content (AvgIpc) is 2.59. The van der Waals surface area contributed by atoms with Crippen molar-refractivity contribution < 1.29 is 29.3 Å². The molecule has 2 atom stereocenters. The van der Waals surface area contributed by atoms with Crippen molar-refractivity contribution in [2.45, 2.75) is 26.1 Å². The van der Waals surface area contributed by atoms with Gasteiger partial charge in [-0.1, -0.05) is 13.2 Å². The molecule has 0 aromatic heterocycles. The van der Waals surface area contributed by atoms with E-state index in [9.17, 15) is 19.8 Å². The molecule has 0 aromatic carbocycles. The van der Waals surface area contributed by atoms with Gasteiger partial charge in [0.25, 0.3) is 0 Å². The predicted octanol–water partition coefficient (Wildman–Crippen LogP) is -0.436. The van der Waals surface area contributed by atoms with Crippen LogP contribution in [0.1, 0.15) is 13.8 Å². The van der Waals surface area contributed by atoms with Gasteiger partial charge in [-0.05, 0) is 13.8 Å². The van der Waals surface area contributed by atoms with Gasteiger partial charge in [0.2, 0.25) is 0 Å². The van der Waals surface area contributed by atoms with E-state index in [0.29, 0.717) is 24.2 Å². The van der Waals surface area contributed by atoms with Gasteiger partial charge in [0, 0.05) is 50.4 Å². The summed E-state index contributed by atoms with van der Waals surface area (Å²) in [6.07, 6.45) is -1.51. The quantitative estimate of drug-likeness (QED) is 0.395. The second-order valence-corrected chi connectivity index (χ2v) is 6.67. The molecule has 8 heteroatoms. The Kier molecular flexibility index (Phi) is 9.50. The van der Waals surface area contributed by atoms with Crippen molar-refractivity contribution in [3.63, 3.8) is 0 Å². The summed E-state index contributed by atoms with van der Waals surface area (Å²) >= 11 is 0. The average molecular weight is 370 g/mol. The second-order valence-electron chi connectivity index (χ2n) is 6.67. The normalized spacial score (nSPS) is 18.0. The second kappa shape index (κ2) is 11.1. The van der Waals surface area contributed by atoms with Gasteiger partial charge in [0.15, 0.2) is 0 Å². The minimum Gasteiger partial charge on any atom is -0.460 e. The number of esters is 2. The van der Waals surface area contributed by atoms with Crippen molar-refractivity contribution in [2.24, 2.45) is 0 Å². The van der Waals surface area contributed by atoms with Gasteiger partial charge in [-0.3, -0.25) is 9.80 Å². The highest BCUT2D eigenvalue weighted by atomic mass is 16.5. The van der Waals surface area contributed by atoms with Crippen LogP contribution in [0.3, 0.4) is 0 Å². The van der Waals surface area contributed by atoms with E-state index < -0.39 is 24.1 Å². The molecule has 0 radical (unpaired) electrons. The lowest BCUT2D eigenvalue weighted by molar-refractivity contribution is -0.143. The van der Waals surface area contributed by atoms with Crippen LogP contribution < -0.4 is 0 Å². The summed E-state index contributed by atoms with van der Waals surface area (Å²) in [5, 5.41) is 19.9. The van der Waals surface area contributed by atoms with E-state index >= 15 is 0 Å². The third kappa shape index (κ3) is 8.57. The molecule has 8 nitrogen and oxygen atoms in total. The zero-order valence-corrected chi connectivity index (χ0v) is 15.6. The van der Waals surface area contributed by atoms with Crippen LogP contribution in [-0.2, 0) is 19.1 Å². The SMILES string of the molecule is C=C(C)C(=O)OCC(O)CN1CCN(CC(O)COC(=O)C(=C)C)CC1. The Bertz CT molecular complexity index is 468. The van der Waals surface area contributed by atoms with Crippen molar-refractivity contribution >= 4 is 11.9 Å². The van der Waals surface area contributed by atoms with Crippen molar-refractivity contribution in [3.8, 4) is 0 Å². The van der Waals surface area contributed by atoms with E-state index in [1.54, 1.807) is 13.8 Å². The summed E-state index contributed by atoms with van der Waals surface area (Å²) in [5.74, 6) is -1.01. The molecular weight excluding hydrogens is 340 g/mol. The Balaban J connectivity index is 2.21. The first-order chi connectivity index (χ1) is 12.2. The van der Waals surface area contributed by atoms with Crippen LogP contribution in [0.4, 0.5) is 0 Å². The van der Waals surface area contributed by atoms with Gasteiger partial charge in [0.05, 0.1) is 0 Å². The lowest BCUT2D eigenvalue weighted by Gasteiger charge is -2.36. The van der Waals surface area contributed by atoms with E-state index in [-0.39, 0.29) is 13.2 Å². The number of ether oxygens (including phenoxy) is 2. The van der Waals surface area contributed by atoms with Gasteiger partial charge >= 0.3 is 11.9 Å². The van der Waals surface area contributed by atoms with E-state index in [4.69, 9.17) is 9.47 Å². The van der Waals surface area contributed by atoms with Gasteiger partial charge in [-0.25, -0.2) is 9.59 Å². The number of aliphatic hydroxyl groups excluding tert-OH is 2. The summed E-state index contributed by atoms with van der Waals surface area (Å²) in [5.41, 5.74) is 0.608. The molecule has 1 rings (SSSR count). The maximum Gasteiger partial charge on any atom is 0.333 e. The molecule has 0 amide bonds. The van der Waals surface area contributed by atoms with Crippen LogP contribution in [0.5, 0.6) is 0 Å². The summed E-state index contributed by atoms with van der Waals surface area (Å²) in [6, 6.07) is 0. The zero-order valence-electron chi connectivity index (χ0n) is 15.6. The summed E-state index contributed by atoms with van der Waals surface area (Å²) < 4.78 is 9.87. The molecular formula is C18H30N2O6. The summed E-state index contributed by atoms with van der Waals surface area (Å²) in [7, 11) is 0.